The molecule has 0 aliphatic carbocycles. The van der Waals surface area contributed by atoms with Crippen LogP contribution < -0.4 is 0 Å². The maximum atomic E-state index is 12.1. The van der Waals surface area contributed by atoms with Gasteiger partial charge in [-0.25, -0.2) is 0 Å². The summed E-state index contributed by atoms with van der Waals surface area (Å²) in [7, 11) is 0. The van der Waals surface area contributed by atoms with E-state index in [1.54, 1.807) is 0 Å². The van der Waals surface area contributed by atoms with Crippen molar-refractivity contribution in [1.29, 1.82) is 0 Å². The smallest absolute Gasteiger partial charge is 0.393 e. The Morgan fingerprint density at radius 3 is 2.57 bits per heavy atom. The van der Waals surface area contributed by atoms with Crippen molar-refractivity contribution in [2.24, 2.45) is 0 Å². The second kappa shape index (κ2) is 4.95. The highest BCUT2D eigenvalue weighted by Gasteiger charge is 2.42. The summed E-state index contributed by atoms with van der Waals surface area (Å²) >= 11 is 0. The van der Waals surface area contributed by atoms with Crippen molar-refractivity contribution >= 4 is 0 Å². The van der Waals surface area contributed by atoms with Gasteiger partial charge in [0.25, 0.3) is 0 Å². The van der Waals surface area contributed by atoms with Crippen molar-refractivity contribution in [3.63, 3.8) is 0 Å². The zero-order chi connectivity index (χ0) is 10.6. The molecule has 2 atom stereocenters. The Hall–Kier alpha value is -0.330. The molecule has 3 nitrogen and oxygen atoms in total. The molecule has 0 spiro atoms. The van der Waals surface area contributed by atoms with E-state index in [-0.39, 0.29) is 0 Å². The summed E-state index contributed by atoms with van der Waals surface area (Å²) in [6, 6.07) is 0. The molecule has 1 fully saturated rings. The molecule has 2 unspecified atom stereocenters. The summed E-state index contributed by atoms with van der Waals surface area (Å²) in [4.78, 5) is 0. The third kappa shape index (κ3) is 3.43. The number of halogens is 3. The average Bonchev–Trinajstić information content (AvgIpc) is 2.14. The van der Waals surface area contributed by atoms with Crippen LogP contribution in [0.1, 0.15) is 19.3 Å². The molecule has 0 aromatic heterocycles. The van der Waals surface area contributed by atoms with Crippen LogP contribution in [0.15, 0.2) is 0 Å². The summed E-state index contributed by atoms with van der Waals surface area (Å²) in [5, 5.41) is 8.49. The van der Waals surface area contributed by atoms with Gasteiger partial charge in [0.05, 0.1) is 6.61 Å². The van der Waals surface area contributed by atoms with Crippen LogP contribution in [0.2, 0.25) is 0 Å². The molecule has 6 heteroatoms. The van der Waals surface area contributed by atoms with Gasteiger partial charge in [0.2, 0.25) is 0 Å². The van der Waals surface area contributed by atoms with Crippen LogP contribution in [0.4, 0.5) is 13.2 Å². The molecular formula is C8H13F3O3. The summed E-state index contributed by atoms with van der Waals surface area (Å²) in [5.41, 5.74) is 0. The van der Waals surface area contributed by atoms with Crippen LogP contribution in [0, 0.1) is 0 Å². The van der Waals surface area contributed by atoms with E-state index < -0.39 is 25.2 Å². The van der Waals surface area contributed by atoms with Gasteiger partial charge in [0.15, 0.2) is 12.4 Å². The van der Waals surface area contributed by atoms with E-state index in [0.717, 1.165) is 12.8 Å². The molecule has 1 rings (SSSR count). The van der Waals surface area contributed by atoms with Crippen LogP contribution in [-0.2, 0) is 9.47 Å². The Bertz CT molecular complexity index is 166. The number of hydrogen-bond acceptors (Lipinski definition) is 3. The molecule has 0 radical (unpaired) electrons. The Morgan fingerprint density at radius 1 is 1.43 bits per heavy atom. The monoisotopic (exact) mass is 214 g/mol. The van der Waals surface area contributed by atoms with E-state index in [9.17, 15) is 13.2 Å². The predicted molar refractivity (Wildman–Crippen MR) is 41.6 cm³/mol. The Morgan fingerprint density at radius 2 is 2.14 bits per heavy atom. The highest BCUT2D eigenvalue weighted by atomic mass is 19.4. The largest absolute Gasteiger partial charge is 0.417 e. The van der Waals surface area contributed by atoms with Crippen LogP contribution in [0.25, 0.3) is 0 Å². The molecule has 1 N–H and O–H groups in total. The molecule has 0 amide bonds. The maximum Gasteiger partial charge on any atom is 0.417 e. The number of aliphatic hydroxyl groups is 1. The van der Waals surface area contributed by atoms with Crippen LogP contribution >= 0.6 is 0 Å². The topological polar surface area (TPSA) is 38.7 Å². The molecule has 0 saturated carbocycles. The first-order valence-electron chi connectivity index (χ1n) is 4.48. The molecule has 0 aromatic rings. The van der Waals surface area contributed by atoms with Gasteiger partial charge in [0, 0.05) is 6.61 Å². The number of aliphatic hydroxyl groups excluding tert-OH is 1. The molecule has 0 aromatic carbocycles. The lowest BCUT2D eigenvalue weighted by molar-refractivity contribution is -0.284. The van der Waals surface area contributed by atoms with Crippen LogP contribution in [0.5, 0.6) is 0 Å². The summed E-state index contributed by atoms with van der Waals surface area (Å²) in [6.07, 6.45) is -5.41. The zero-order valence-electron chi connectivity index (χ0n) is 7.59. The second-order valence-electron chi connectivity index (χ2n) is 3.15. The second-order valence-corrected chi connectivity index (χ2v) is 3.15. The fraction of sp³-hybridized carbons (Fsp3) is 1.00. The zero-order valence-corrected chi connectivity index (χ0v) is 7.59. The van der Waals surface area contributed by atoms with E-state index in [1.807, 2.05) is 0 Å². The molecule has 0 bridgehead atoms. The molecular weight excluding hydrogens is 201 g/mol. The third-order valence-corrected chi connectivity index (χ3v) is 1.98. The van der Waals surface area contributed by atoms with Crippen LogP contribution in [0.3, 0.4) is 0 Å². The summed E-state index contributed by atoms with van der Waals surface area (Å²) in [6.45, 7) is -0.649. The van der Waals surface area contributed by atoms with Gasteiger partial charge in [-0.1, -0.05) is 0 Å². The van der Waals surface area contributed by atoms with Gasteiger partial charge in [-0.15, -0.1) is 0 Å². The van der Waals surface area contributed by atoms with Gasteiger partial charge in [-0.3, -0.25) is 0 Å². The Balaban J connectivity index is 2.39. The average molecular weight is 214 g/mol. The molecule has 1 aliphatic rings. The van der Waals surface area contributed by atoms with E-state index in [4.69, 9.17) is 9.84 Å². The minimum atomic E-state index is -4.53. The van der Waals surface area contributed by atoms with E-state index >= 15 is 0 Å². The standard InChI is InChI=1S/C8H13F3O3/c9-8(10,11)6(5-12)14-7-3-1-2-4-13-7/h6-7,12H,1-5H2. The molecule has 1 saturated heterocycles. The first-order valence-corrected chi connectivity index (χ1v) is 4.48. The molecule has 1 heterocycles. The molecule has 14 heavy (non-hydrogen) atoms. The minimum absolute atomic E-state index is 0.417. The summed E-state index contributed by atoms with van der Waals surface area (Å²) in [5.74, 6) is 0. The van der Waals surface area contributed by atoms with Crippen molar-refractivity contribution in [2.75, 3.05) is 13.2 Å². The van der Waals surface area contributed by atoms with Gasteiger partial charge >= 0.3 is 6.18 Å². The molecule has 84 valence electrons. The number of ether oxygens (including phenoxy) is 2. The van der Waals surface area contributed by atoms with Gasteiger partial charge < -0.3 is 14.6 Å². The highest BCUT2D eigenvalue weighted by Crippen LogP contribution is 2.26. The highest BCUT2D eigenvalue weighted by molar-refractivity contribution is 4.68. The lowest BCUT2D eigenvalue weighted by Gasteiger charge is -2.27. The SMILES string of the molecule is OCC(OC1CCCCO1)C(F)(F)F. The lowest BCUT2D eigenvalue weighted by atomic mass is 10.2. The summed E-state index contributed by atoms with van der Waals surface area (Å²) < 4.78 is 46.0. The van der Waals surface area contributed by atoms with Crippen molar-refractivity contribution < 1.29 is 27.8 Å². The lowest BCUT2D eigenvalue weighted by Crippen LogP contribution is -2.39. The first kappa shape index (κ1) is 11.7. The van der Waals surface area contributed by atoms with Crippen molar-refractivity contribution in [3.8, 4) is 0 Å². The van der Waals surface area contributed by atoms with Gasteiger partial charge in [-0.05, 0) is 19.3 Å². The minimum Gasteiger partial charge on any atom is -0.393 e. The third-order valence-electron chi connectivity index (χ3n) is 1.98. The number of hydrogen-bond donors (Lipinski definition) is 1. The van der Waals surface area contributed by atoms with E-state index in [2.05, 4.69) is 4.74 Å². The van der Waals surface area contributed by atoms with Gasteiger partial charge in [0.1, 0.15) is 0 Å². The fourth-order valence-corrected chi connectivity index (χ4v) is 1.23. The van der Waals surface area contributed by atoms with Crippen molar-refractivity contribution in [3.05, 3.63) is 0 Å². The quantitative estimate of drug-likeness (QED) is 0.772. The Labute approximate surface area is 79.8 Å². The normalized spacial score (nSPS) is 26.1. The van der Waals surface area contributed by atoms with Crippen molar-refractivity contribution in [1.82, 2.24) is 0 Å². The number of rotatable bonds is 3. The van der Waals surface area contributed by atoms with E-state index in [1.165, 1.54) is 0 Å². The van der Waals surface area contributed by atoms with Crippen LogP contribution in [-0.4, -0.2) is 36.9 Å². The first-order chi connectivity index (χ1) is 6.54. The number of alkyl halides is 3. The molecule has 1 aliphatic heterocycles. The van der Waals surface area contributed by atoms with E-state index in [0.29, 0.717) is 13.0 Å². The maximum absolute atomic E-state index is 12.1. The van der Waals surface area contributed by atoms with Gasteiger partial charge in [-0.2, -0.15) is 13.2 Å². The van der Waals surface area contributed by atoms with Crippen molar-refractivity contribution in [2.45, 2.75) is 37.8 Å². The fourth-order valence-electron chi connectivity index (χ4n) is 1.23. The Kier molecular flexibility index (Phi) is 4.15. The predicted octanol–water partition coefficient (Wildman–Crippen LogP) is 1.45.